The number of carbonyl (C=O) groups excluding carboxylic acids is 1. The van der Waals surface area contributed by atoms with Crippen molar-refractivity contribution in [3.63, 3.8) is 0 Å². The molecule has 0 radical (unpaired) electrons. The second-order valence-corrected chi connectivity index (χ2v) is 7.89. The van der Waals surface area contributed by atoms with Crippen LogP contribution in [0, 0.1) is 0 Å². The summed E-state index contributed by atoms with van der Waals surface area (Å²) in [5, 5.41) is 2.90. The predicted octanol–water partition coefficient (Wildman–Crippen LogP) is 2.44. The first-order chi connectivity index (χ1) is 14.1. The molecule has 29 heavy (non-hydrogen) atoms. The third-order valence-electron chi connectivity index (χ3n) is 5.93. The number of hydrogen-bond acceptors (Lipinski definition) is 3. The van der Waals surface area contributed by atoms with Crippen LogP contribution in [-0.2, 0) is 24.2 Å². The van der Waals surface area contributed by atoms with Crippen LogP contribution in [0.2, 0.25) is 0 Å². The maximum atomic E-state index is 13.2. The molecule has 6 heteroatoms. The molecule has 1 heterocycles. The standard InChI is InChI=1S/C23H27N3O3/c27-21(24-15-14-17-8-3-1-4-9-17)16-25-20-13-7-12-19(20)22(28)26(23(25)29)18-10-5-2-6-11-18/h1,3-4,7-9,13,18H,2,5-6,10-12,14-16H2,(H,24,27). The van der Waals surface area contributed by atoms with Crippen LogP contribution in [0.5, 0.6) is 0 Å². The highest BCUT2D eigenvalue weighted by Crippen LogP contribution is 2.26. The molecule has 2 aromatic rings. The zero-order valence-electron chi connectivity index (χ0n) is 16.6. The molecule has 0 saturated heterocycles. The van der Waals surface area contributed by atoms with E-state index in [1.54, 1.807) is 6.08 Å². The Morgan fingerprint density at radius 3 is 2.59 bits per heavy atom. The van der Waals surface area contributed by atoms with Crippen molar-refractivity contribution < 1.29 is 4.79 Å². The molecule has 1 amide bonds. The van der Waals surface area contributed by atoms with Gasteiger partial charge in [0.1, 0.15) is 6.54 Å². The third-order valence-corrected chi connectivity index (χ3v) is 5.93. The Balaban J connectivity index is 1.54. The summed E-state index contributed by atoms with van der Waals surface area (Å²) in [5.74, 6) is -0.209. The first kappa shape index (κ1) is 19.4. The Kier molecular flexibility index (Phi) is 5.79. The maximum Gasteiger partial charge on any atom is 0.332 e. The lowest BCUT2D eigenvalue weighted by molar-refractivity contribution is -0.121. The molecule has 0 bridgehead atoms. The fourth-order valence-electron chi connectivity index (χ4n) is 4.41. The third kappa shape index (κ3) is 4.11. The molecule has 2 aliphatic rings. The Labute approximate surface area is 169 Å². The number of nitrogens with one attached hydrogen (secondary N) is 1. The molecule has 0 unspecified atom stereocenters. The fourth-order valence-corrected chi connectivity index (χ4v) is 4.41. The summed E-state index contributed by atoms with van der Waals surface area (Å²) in [4.78, 5) is 38.7. The van der Waals surface area contributed by atoms with Crippen LogP contribution in [-0.4, -0.2) is 21.6 Å². The molecule has 1 aromatic heterocycles. The lowest BCUT2D eigenvalue weighted by Gasteiger charge is -2.25. The van der Waals surface area contributed by atoms with Crippen LogP contribution in [0.3, 0.4) is 0 Å². The number of allylic oxidation sites excluding steroid dienone is 1. The van der Waals surface area contributed by atoms with E-state index in [0.717, 1.165) is 44.1 Å². The van der Waals surface area contributed by atoms with Crippen molar-refractivity contribution in [2.75, 3.05) is 6.54 Å². The van der Waals surface area contributed by atoms with Crippen molar-refractivity contribution in [3.8, 4) is 0 Å². The molecule has 1 N–H and O–H groups in total. The topological polar surface area (TPSA) is 73.1 Å². The highest BCUT2D eigenvalue weighted by Gasteiger charge is 2.26. The van der Waals surface area contributed by atoms with Crippen LogP contribution in [0.25, 0.3) is 6.08 Å². The lowest BCUT2D eigenvalue weighted by Crippen LogP contribution is -2.46. The molecule has 0 atom stereocenters. The molecule has 1 fully saturated rings. The number of aromatic nitrogens is 2. The number of benzene rings is 1. The summed E-state index contributed by atoms with van der Waals surface area (Å²) in [7, 11) is 0. The average Bonchev–Trinajstić information content (AvgIpc) is 3.23. The van der Waals surface area contributed by atoms with Crippen molar-refractivity contribution in [2.24, 2.45) is 0 Å². The second kappa shape index (κ2) is 8.64. The van der Waals surface area contributed by atoms with Gasteiger partial charge in [-0.1, -0.05) is 55.7 Å². The lowest BCUT2D eigenvalue weighted by atomic mass is 9.95. The van der Waals surface area contributed by atoms with Gasteiger partial charge in [0.05, 0.1) is 5.69 Å². The molecule has 1 aromatic carbocycles. The van der Waals surface area contributed by atoms with Gasteiger partial charge in [-0.15, -0.1) is 0 Å². The Hall–Kier alpha value is -2.89. The van der Waals surface area contributed by atoms with E-state index in [1.165, 1.54) is 9.13 Å². The number of fused-ring (bicyclic) bond motifs is 1. The number of carbonyl (C=O) groups is 1. The summed E-state index contributed by atoms with van der Waals surface area (Å²) in [6, 6.07) is 9.90. The van der Waals surface area contributed by atoms with Gasteiger partial charge in [0.25, 0.3) is 5.56 Å². The zero-order chi connectivity index (χ0) is 20.2. The predicted molar refractivity (Wildman–Crippen MR) is 113 cm³/mol. The van der Waals surface area contributed by atoms with Gasteiger partial charge in [-0.2, -0.15) is 0 Å². The molecule has 6 nitrogen and oxygen atoms in total. The Morgan fingerprint density at radius 1 is 1.07 bits per heavy atom. The van der Waals surface area contributed by atoms with Gasteiger partial charge in [0, 0.05) is 18.2 Å². The van der Waals surface area contributed by atoms with Gasteiger partial charge in [-0.25, -0.2) is 4.79 Å². The summed E-state index contributed by atoms with van der Waals surface area (Å²) in [6.07, 6.45) is 9.86. The van der Waals surface area contributed by atoms with Gasteiger partial charge in [0.2, 0.25) is 5.91 Å². The van der Waals surface area contributed by atoms with Crippen molar-refractivity contribution in [2.45, 2.75) is 57.5 Å². The van der Waals surface area contributed by atoms with Crippen molar-refractivity contribution in [1.82, 2.24) is 14.5 Å². The minimum atomic E-state index is -0.356. The van der Waals surface area contributed by atoms with E-state index >= 15 is 0 Å². The summed E-state index contributed by atoms with van der Waals surface area (Å²) in [5.41, 5.74) is 1.84. The van der Waals surface area contributed by atoms with E-state index in [0.29, 0.717) is 24.2 Å². The number of hydrogen-bond donors (Lipinski definition) is 1. The van der Waals surface area contributed by atoms with Crippen molar-refractivity contribution in [1.29, 1.82) is 0 Å². The molecule has 1 saturated carbocycles. The van der Waals surface area contributed by atoms with Gasteiger partial charge in [-0.3, -0.25) is 18.7 Å². The number of amides is 1. The highest BCUT2D eigenvalue weighted by atomic mass is 16.2. The summed E-state index contributed by atoms with van der Waals surface area (Å²) < 4.78 is 2.90. The maximum absolute atomic E-state index is 13.2. The van der Waals surface area contributed by atoms with Gasteiger partial charge < -0.3 is 5.32 Å². The molecule has 0 aliphatic heterocycles. The Morgan fingerprint density at radius 2 is 1.83 bits per heavy atom. The normalized spacial score (nSPS) is 16.0. The quantitative estimate of drug-likeness (QED) is 0.819. The van der Waals surface area contributed by atoms with E-state index in [-0.39, 0.29) is 29.7 Å². The van der Waals surface area contributed by atoms with Crippen LogP contribution in [0.4, 0.5) is 0 Å². The highest BCUT2D eigenvalue weighted by molar-refractivity contribution is 5.76. The summed E-state index contributed by atoms with van der Waals surface area (Å²) >= 11 is 0. The average molecular weight is 393 g/mol. The van der Waals surface area contributed by atoms with Crippen molar-refractivity contribution in [3.05, 3.63) is 74.1 Å². The van der Waals surface area contributed by atoms with Crippen LogP contribution in [0.15, 0.2) is 46.0 Å². The minimum Gasteiger partial charge on any atom is -0.354 e. The molecule has 0 spiro atoms. The van der Waals surface area contributed by atoms with Crippen LogP contribution < -0.4 is 16.6 Å². The van der Waals surface area contributed by atoms with Gasteiger partial charge in [0.15, 0.2) is 0 Å². The fraction of sp³-hybridized carbons (Fsp3) is 0.435. The molecular weight excluding hydrogens is 366 g/mol. The molecule has 2 aliphatic carbocycles. The molecule has 4 rings (SSSR count). The van der Waals surface area contributed by atoms with E-state index in [4.69, 9.17) is 0 Å². The molecule has 152 valence electrons. The minimum absolute atomic E-state index is 0.0537. The van der Waals surface area contributed by atoms with E-state index in [1.807, 2.05) is 36.4 Å². The van der Waals surface area contributed by atoms with Gasteiger partial charge in [-0.05, 0) is 37.3 Å². The van der Waals surface area contributed by atoms with E-state index in [9.17, 15) is 14.4 Å². The van der Waals surface area contributed by atoms with Gasteiger partial charge >= 0.3 is 5.69 Å². The smallest absolute Gasteiger partial charge is 0.332 e. The SMILES string of the molecule is O=C(Cn1c2c(c(=O)n(C3CCCCC3)c1=O)CC=C2)NCCc1ccccc1. The first-order valence-corrected chi connectivity index (χ1v) is 10.5. The van der Waals surface area contributed by atoms with E-state index in [2.05, 4.69) is 5.32 Å². The number of nitrogens with zero attached hydrogens (tertiary/aromatic N) is 2. The molecular formula is C23H27N3O3. The zero-order valence-corrected chi connectivity index (χ0v) is 16.6. The Bertz CT molecular complexity index is 1030. The monoisotopic (exact) mass is 393 g/mol. The van der Waals surface area contributed by atoms with Crippen molar-refractivity contribution >= 4 is 12.0 Å². The van der Waals surface area contributed by atoms with E-state index < -0.39 is 0 Å². The largest absolute Gasteiger partial charge is 0.354 e. The first-order valence-electron chi connectivity index (χ1n) is 10.5. The summed E-state index contributed by atoms with van der Waals surface area (Å²) in [6.45, 7) is 0.450. The second-order valence-electron chi connectivity index (χ2n) is 7.89. The van der Waals surface area contributed by atoms with Crippen LogP contribution >= 0.6 is 0 Å². The van der Waals surface area contributed by atoms with Crippen LogP contribution in [0.1, 0.15) is 55.0 Å². The number of rotatable bonds is 6.